The Morgan fingerprint density at radius 3 is 2.39 bits per heavy atom. The van der Waals surface area contributed by atoms with E-state index in [-0.39, 0.29) is 0 Å². The first kappa shape index (κ1) is 17.4. The van der Waals surface area contributed by atoms with Gasteiger partial charge in [0.25, 0.3) is 0 Å². The van der Waals surface area contributed by atoms with Crippen LogP contribution < -0.4 is 5.32 Å². The molecular weight excluding hydrogens is 228 g/mol. The number of carboxylic acid groups (broad SMARTS) is 1. The molecule has 2 N–H and O–H groups in total. The quantitative estimate of drug-likeness (QED) is 0.631. The zero-order valence-corrected chi connectivity index (χ0v) is 12.6. The van der Waals surface area contributed by atoms with Crippen molar-refractivity contribution in [3.05, 3.63) is 0 Å². The highest BCUT2D eigenvalue weighted by atomic mass is 16.4. The van der Waals surface area contributed by atoms with Gasteiger partial charge >= 0.3 is 5.97 Å². The Bertz CT molecular complexity index is 244. The van der Waals surface area contributed by atoms with Gasteiger partial charge in [0, 0.05) is 6.04 Å². The molecule has 0 aliphatic heterocycles. The van der Waals surface area contributed by atoms with Crippen molar-refractivity contribution in [1.29, 1.82) is 0 Å². The number of nitrogens with zero attached hydrogens (tertiary/aromatic N) is 1. The minimum absolute atomic E-state index is 0.509. The first-order valence-electron chi connectivity index (χ1n) is 7.08. The molecule has 4 heteroatoms. The minimum atomic E-state index is -0.742. The van der Waals surface area contributed by atoms with Crippen molar-refractivity contribution < 1.29 is 9.90 Å². The molecule has 1 atom stereocenters. The van der Waals surface area contributed by atoms with Gasteiger partial charge in [0.15, 0.2) is 0 Å². The Morgan fingerprint density at radius 1 is 1.39 bits per heavy atom. The average molecular weight is 258 g/mol. The van der Waals surface area contributed by atoms with E-state index in [4.69, 9.17) is 0 Å². The van der Waals surface area contributed by atoms with Gasteiger partial charge in [0.05, 0.1) is 0 Å². The summed E-state index contributed by atoms with van der Waals surface area (Å²) in [5.41, 5.74) is -0.742. The number of carboxylic acids is 1. The van der Waals surface area contributed by atoms with Crippen LogP contribution in [0.15, 0.2) is 0 Å². The third kappa shape index (κ3) is 5.36. The molecule has 0 bridgehead atoms. The van der Waals surface area contributed by atoms with Crippen molar-refractivity contribution in [3.63, 3.8) is 0 Å². The summed E-state index contributed by atoms with van der Waals surface area (Å²) in [7, 11) is 2.08. The zero-order chi connectivity index (χ0) is 14.2. The van der Waals surface area contributed by atoms with Gasteiger partial charge in [-0.15, -0.1) is 0 Å². The molecule has 4 nitrogen and oxygen atoms in total. The molecule has 0 saturated carbocycles. The van der Waals surface area contributed by atoms with E-state index < -0.39 is 11.5 Å². The van der Waals surface area contributed by atoms with Crippen LogP contribution in [0.3, 0.4) is 0 Å². The molecule has 0 aromatic rings. The number of rotatable bonds is 10. The summed E-state index contributed by atoms with van der Waals surface area (Å²) in [6, 6.07) is 0.509. The van der Waals surface area contributed by atoms with Crippen molar-refractivity contribution in [2.75, 3.05) is 20.1 Å². The topological polar surface area (TPSA) is 52.6 Å². The third-order valence-electron chi connectivity index (χ3n) is 3.72. The van der Waals surface area contributed by atoms with Gasteiger partial charge in [-0.3, -0.25) is 4.79 Å². The SMILES string of the molecule is CCCNC(CC)(CCCN(C)C(C)C)C(=O)O. The van der Waals surface area contributed by atoms with Crippen LogP contribution in [-0.2, 0) is 4.79 Å². The van der Waals surface area contributed by atoms with Gasteiger partial charge in [0.1, 0.15) is 5.54 Å². The van der Waals surface area contributed by atoms with Gasteiger partial charge < -0.3 is 15.3 Å². The maximum absolute atomic E-state index is 11.5. The molecule has 1 unspecified atom stereocenters. The van der Waals surface area contributed by atoms with Crippen LogP contribution in [0.5, 0.6) is 0 Å². The smallest absolute Gasteiger partial charge is 0.323 e. The van der Waals surface area contributed by atoms with Crippen LogP contribution in [0, 0.1) is 0 Å². The second-order valence-corrected chi connectivity index (χ2v) is 5.35. The monoisotopic (exact) mass is 258 g/mol. The lowest BCUT2D eigenvalue weighted by molar-refractivity contribution is -0.145. The van der Waals surface area contributed by atoms with Crippen LogP contribution >= 0.6 is 0 Å². The second kappa shape index (κ2) is 8.48. The average Bonchev–Trinajstić information content (AvgIpc) is 2.32. The Balaban J connectivity index is 4.36. The maximum Gasteiger partial charge on any atom is 0.323 e. The van der Waals surface area contributed by atoms with E-state index in [1.54, 1.807) is 0 Å². The fourth-order valence-corrected chi connectivity index (χ4v) is 1.98. The highest BCUT2D eigenvalue weighted by Crippen LogP contribution is 2.18. The first-order chi connectivity index (χ1) is 8.39. The van der Waals surface area contributed by atoms with E-state index in [1.807, 2.05) is 6.92 Å². The molecular formula is C14H30N2O2. The fourth-order valence-electron chi connectivity index (χ4n) is 1.98. The van der Waals surface area contributed by atoms with Crippen LogP contribution in [0.25, 0.3) is 0 Å². The Morgan fingerprint density at radius 2 is 2.00 bits per heavy atom. The second-order valence-electron chi connectivity index (χ2n) is 5.35. The molecule has 0 aromatic carbocycles. The summed E-state index contributed by atoms with van der Waals surface area (Å²) in [4.78, 5) is 13.7. The summed E-state index contributed by atoms with van der Waals surface area (Å²) in [6.45, 7) is 10.0. The van der Waals surface area contributed by atoms with E-state index in [1.165, 1.54) is 0 Å². The van der Waals surface area contributed by atoms with Gasteiger partial charge in [-0.1, -0.05) is 13.8 Å². The molecule has 0 amide bonds. The Kier molecular flexibility index (Phi) is 8.20. The van der Waals surface area contributed by atoms with Crippen LogP contribution in [-0.4, -0.2) is 47.7 Å². The minimum Gasteiger partial charge on any atom is -0.480 e. The molecule has 0 fully saturated rings. The number of nitrogens with one attached hydrogen (secondary N) is 1. The highest BCUT2D eigenvalue weighted by Gasteiger charge is 2.35. The molecule has 0 radical (unpaired) electrons. The van der Waals surface area contributed by atoms with E-state index in [0.717, 1.165) is 25.9 Å². The van der Waals surface area contributed by atoms with E-state index in [0.29, 0.717) is 18.9 Å². The lowest BCUT2D eigenvalue weighted by Gasteiger charge is -2.31. The standard InChI is InChI=1S/C14H30N2O2/c1-6-10-15-14(7-2,13(17)18)9-8-11-16(5)12(3)4/h12,15H,6-11H2,1-5H3,(H,17,18). The van der Waals surface area contributed by atoms with Crippen molar-refractivity contribution >= 4 is 5.97 Å². The summed E-state index contributed by atoms with van der Waals surface area (Å²) < 4.78 is 0. The molecule has 0 rings (SSSR count). The van der Waals surface area contributed by atoms with E-state index >= 15 is 0 Å². The van der Waals surface area contributed by atoms with Gasteiger partial charge in [-0.2, -0.15) is 0 Å². The first-order valence-corrected chi connectivity index (χ1v) is 7.08. The van der Waals surface area contributed by atoms with Crippen molar-refractivity contribution in [2.24, 2.45) is 0 Å². The summed E-state index contributed by atoms with van der Waals surface area (Å²) in [5.74, 6) is -0.717. The number of hydrogen-bond acceptors (Lipinski definition) is 3. The van der Waals surface area contributed by atoms with Gasteiger partial charge in [-0.25, -0.2) is 0 Å². The molecule has 108 valence electrons. The number of hydrogen-bond donors (Lipinski definition) is 2. The van der Waals surface area contributed by atoms with E-state index in [2.05, 4.69) is 38.0 Å². The number of carbonyl (C=O) groups is 1. The molecule has 0 aromatic heterocycles. The van der Waals surface area contributed by atoms with E-state index in [9.17, 15) is 9.90 Å². The highest BCUT2D eigenvalue weighted by molar-refractivity contribution is 5.78. The third-order valence-corrected chi connectivity index (χ3v) is 3.72. The predicted octanol–water partition coefficient (Wildman–Crippen LogP) is 2.34. The fraction of sp³-hybridized carbons (Fsp3) is 0.929. The van der Waals surface area contributed by atoms with Gasteiger partial charge in [-0.05, 0) is 59.7 Å². The molecule has 0 heterocycles. The lowest BCUT2D eigenvalue weighted by atomic mass is 9.90. The molecule has 0 saturated heterocycles. The Labute approximate surface area is 112 Å². The van der Waals surface area contributed by atoms with Crippen molar-refractivity contribution in [2.45, 2.75) is 65.0 Å². The summed E-state index contributed by atoms with van der Waals surface area (Å²) >= 11 is 0. The van der Waals surface area contributed by atoms with Crippen LogP contribution in [0.1, 0.15) is 53.4 Å². The van der Waals surface area contributed by atoms with Crippen molar-refractivity contribution in [3.8, 4) is 0 Å². The van der Waals surface area contributed by atoms with Gasteiger partial charge in [0.2, 0.25) is 0 Å². The zero-order valence-electron chi connectivity index (χ0n) is 12.6. The summed E-state index contributed by atoms with van der Waals surface area (Å²) in [5, 5.41) is 12.7. The normalized spacial score (nSPS) is 15.1. The predicted molar refractivity (Wildman–Crippen MR) is 76.0 cm³/mol. The lowest BCUT2D eigenvalue weighted by Crippen LogP contribution is -2.52. The van der Waals surface area contributed by atoms with Crippen molar-refractivity contribution in [1.82, 2.24) is 10.2 Å². The largest absolute Gasteiger partial charge is 0.480 e. The number of aliphatic carboxylic acids is 1. The summed E-state index contributed by atoms with van der Waals surface area (Å²) in [6.07, 6.45) is 3.19. The molecule has 18 heavy (non-hydrogen) atoms. The maximum atomic E-state index is 11.5. The molecule has 0 aliphatic carbocycles. The van der Waals surface area contributed by atoms with Crippen LogP contribution in [0.4, 0.5) is 0 Å². The Hall–Kier alpha value is -0.610. The molecule has 0 aliphatic rings. The molecule has 0 spiro atoms. The van der Waals surface area contributed by atoms with Crippen LogP contribution in [0.2, 0.25) is 0 Å².